The summed E-state index contributed by atoms with van der Waals surface area (Å²) in [4.78, 5) is 7.07. The van der Waals surface area contributed by atoms with Crippen LogP contribution in [0.3, 0.4) is 0 Å². The summed E-state index contributed by atoms with van der Waals surface area (Å²) in [6.07, 6.45) is 4.90. The average Bonchev–Trinajstić information content (AvgIpc) is 2.53. The highest BCUT2D eigenvalue weighted by Gasteiger charge is 2.36. The van der Waals surface area contributed by atoms with Gasteiger partial charge < -0.3 is 0 Å². The summed E-state index contributed by atoms with van der Waals surface area (Å²) in [6.45, 7) is 13.2. The molecule has 0 aliphatic heterocycles. The van der Waals surface area contributed by atoms with Crippen LogP contribution in [0.25, 0.3) is 0 Å². The van der Waals surface area contributed by atoms with Crippen molar-refractivity contribution in [3.8, 4) is 0 Å². The molecule has 1 heterocycles. The monoisotopic (exact) mass is 292 g/mol. The van der Waals surface area contributed by atoms with Gasteiger partial charge in [0.05, 0.1) is 0 Å². The van der Waals surface area contributed by atoms with Gasteiger partial charge >= 0.3 is 0 Å². The first kappa shape index (κ1) is 18.1. The van der Waals surface area contributed by atoms with Crippen molar-refractivity contribution in [2.75, 3.05) is 13.1 Å². The number of hydrogen-bond donors (Lipinski definition) is 2. The molecule has 21 heavy (non-hydrogen) atoms. The predicted molar refractivity (Wildman–Crippen MR) is 90.0 cm³/mol. The second-order valence-corrected chi connectivity index (χ2v) is 5.82. The average molecular weight is 292 g/mol. The normalized spacial score (nSPS) is 16.0. The van der Waals surface area contributed by atoms with Gasteiger partial charge in [-0.1, -0.05) is 33.8 Å². The maximum Gasteiger partial charge on any atom is 0.0447 e. The number of nitrogens with one attached hydrogen (secondary N) is 1. The van der Waals surface area contributed by atoms with Crippen molar-refractivity contribution in [1.29, 1.82) is 0 Å². The molecule has 2 atom stereocenters. The largest absolute Gasteiger partial charge is 0.297 e. The van der Waals surface area contributed by atoms with Gasteiger partial charge in [0.15, 0.2) is 0 Å². The molecule has 1 aromatic rings. The Morgan fingerprint density at radius 1 is 1.24 bits per heavy atom. The molecule has 0 radical (unpaired) electrons. The number of aromatic nitrogens is 1. The van der Waals surface area contributed by atoms with E-state index in [9.17, 15) is 0 Å². The number of rotatable bonds is 9. The van der Waals surface area contributed by atoms with E-state index in [1.807, 2.05) is 6.20 Å². The Morgan fingerprint density at radius 3 is 2.29 bits per heavy atom. The second-order valence-electron chi connectivity index (χ2n) is 5.82. The molecule has 0 spiro atoms. The second kappa shape index (κ2) is 8.47. The highest BCUT2D eigenvalue weighted by molar-refractivity contribution is 5.16. The summed E-state index contributed by atoms with van der Waals surface area (Å²) in [5.74, 6) is 5.88. The van der Waals surface area contributed by atoms with Crippen LogP contribution in [0, 0.1) is 0 Å². The van der Waals surface area contributed by atoms with Crippen molar-refractivity contribution >= 4 is 0 Å². The minimum Gasteiger partial charge on any atom is -0.297 e. The van der Waals surface area contributed by atoms with Crippen LogP contribution in [0.2, 0.25) is 0 Å². The van der Waals surface area contributed by atoms with E-state index in [0.29, 0.717) is 0 Å². The van der Waals surface area contributed by atoms with Crippen molar-refractivity contribution in [2.24, 2.45) is 5.84 Å². The molecule has 4 heteroatoms. The van der Waals surface area contributed by atoms with Crippen molar-refractivity contribution in [3.63, 3.8) is 0 Å². The van der Waals surface area contributed by atoms with Crippen LogP contribution in [-0.4, -0.2) is 34.6 Å². The SMILES string of the molecule is CCc1ccc(CC(NN)C(C)(CC)N(CC)CC)nc1. The van der Waals surface area contributed by atoms with Crippen LogP contribution in [0.15, 0.2) is 18.3 Å². The van der Waals surface area contributed by atoms with Gasteiger partial charge in [-0.15, -0.1) is 0 Å². The molecule has 1 rings (SSSR count). The van der Waals surface area contributed by atoms with Crippen LogP contribution in [-0.2, 0) is 12.8 Å². The van der Waals surface area contributed by atoms with E-state index in [-0.39, 0.29) is 11.6 Å². The number of nitrogens with two attached hydrogens (primary N) is 1. The molecule has 0 fully saturated rings. The van der Waals surface area contributed by atoms with Crippen LogP contribution < -0.4 is 11.3 Å². The molecule has 3 N–H and O–H groups in total. The Kier molecular flexibility index (Phi) is 7.29. The first-order valence-corrected chi connectivity index (χ1v) is 8.20. The fourth-order valence-electron chi connectivity index (χ4n) is 3.09. The van der Waals surface area contributed by atoms with Gasteiger partial charge in [0, 0.05) is 29.9 Å². The van der Waals surface area contributed by atoms with Crippen LogP contribution in [0.5, 0.6) is 0 Å². The Labute approximate surface area is 130 Å². The van der Waals surface area contributed by atoms with E-state index in [1.165, 1.54) is 5.56 Å². The maximum absolute atomic E-state index is 5.88. The minimum atomic E-state index is 0.0311. The molecular weight excluding hydrogens is 260 g/mol. The number of hydrogen-bond acceptors (Lipinski definition) is 4. The molecule has 0 saturated heterocycles. The highest BCUT2D eigenvalue weighted by Crippen LogP contribution is 2.25. The van der Waals surface area contributed by atoms with Gasteiger partial charge in [-0.25, -0.2) is 0 Å². The van der Waals surface area contributed by atoms with E-state index in [1.54, 1.807) is 0 Å². The molecule has 0 amide bonds. The molecular formula is C17H32N4. The summed E-state index contributed by atoms with van der Waals surface area (Å²) in [6, 6.07) is 4.47. The highest BCUT2D eigenvalue weighted by atomic mass is 15.3. The van der Waals surface area contributed by atoms with Gasteiger partial charge in [0.25, 0.3) is 0 Å². The van der Waals surface area contributed by atoms with Gasteiger partial charge in [-0.05, 0) is 44.5 Å². The predicted octanol–water partition coefficient (Wildman–Crippen LogP) is 2.53. The Hall–Kier alpha value is -0.970. The van der Waals surface area contributed by atoms with Crippen molar-refractivity contribution in [2.45, 2.75) is 65.5 Å². The molecule has 1 aromatic heterocycles. The smallest absolute Gasteiger partial charge is 0.0447 e. The Balaban J connectivity index is 2.93. The summed E-state index contributed by atoms with van der Waals surface area (Å²) in [5.41, 5.74) is 5.44. The summed E-state index contributed by atoms with van der Waals surface area (Å²) in [7, 11) is 0. The summed E-state index contributed by atoms with van der Waals surface area (Å²) < 4.78 is 0. The van der Waals surface area contributed by atoms with E-state index in [2.05, 4.69) is 62.1 Å². The first-order chi connectivity index (χ1) is 10.0. The summed E-state index contributed by atoms with van der Waals surface area (Å²) >= 11 is 0. The van der Waals surface area contributed by atoms with Gasteiger partial charge in [0.2, 0.25) is 0 Å². The van der Waals surface area contributed by atoms with Gasteiger partial charge in [-0.3, -0.25) is 21.2 Å². The third-order valence-electron chi connectivity index (χ3n) is 4.86. The van der Waals surface area contributed by atoms with E-state index >= 15 is 0 Å². The minimum absolute atomic E-state index is 0.0311. The maximum atomic E-state index is 5.88. The van der Waals surface area contributed by atoms with Crippen molar-refractivity contribution < 1.29 is 0 Å². The molecule has 2 unspecified atom stereocenters. The number of hydrazine groups is 1. The lowest BCUT2D eigenvalue weighted by Gasteiger charge is -2.45. The lowest BCUT2D eigenvalue weighted by atomic mass is 9.84. The molecule has 0 aromatic carbocycles. The van der Waals surface area contributed by atoms with Crippen LogP contribution in [0.1, 0.15) is 52.3 Å². The topological polar surface area (TPSA) is 54.2 Å². The number of pyridine rings is 1. The van der Waals surface area contributed by atoms with Crippen molar-refractivity contribution in [3.05, 3.63) is 29.6 Å². The third kappa shape index (κ3) is 4.25. The number of likely N-dealkylation sites (N-methyl/N-ethyl adjacent to an activating group) is 1. The van der Waals surface area contributed by atoms with Gasteiger partial charge in [-0.2, -0.15) is 0 Å². The van der Waals surface area contributed by atoms with E-state index < -0.39 is 0 Å². The fourth-order valence-corrected chi connectivity index (χ4v) is 3.09. The quantitative estimate of drug-likeness (QED) is 0.542. The van der Waals surface area contributed by atoms with E-state index in [4.69, 9.17) is 5.84 Å². The zero-order valence-electron chi connectivity index (χ0n) is 14.3. The zero-order valence-corrected chi connectivity index (χ0v) is 14.3. The van der Waals surface area contributed by atoms with Gasteiger partial charge in [0.1, 0.15) is 0 Å². The van der Waals surface area contributed by atoms with Crippen LogP contribution in [0.4, 0.5) is 0 Å². The molecule has 120 valence electrons. The fraction of sp³-hybridized carbons (Fsp3) is 0.706. The molecule has 4 nitrogen and oxygen atoms in total. The van der Waals surface area contributed by atoms with Crippen molar-refractivity contribution in [1.82, 2.24) is 15.3 Å². The zero-order chi connectivity index (χ0) is 15.9. The van der Waals surface area contributed by atoms with E-state index in [0.717, 1.165) is 38.0 Å². The first-order valence-electron chi connectivity index (χ1n) is 8.20. The Morgan fingerprint density at radius 2 is 1.90 bits per heavy atom. The lowest BCUT2D eigenvalue weighted by molar-refractivity contribution is 0.0697. The van der Waals surface area contributed by atoms with Crippen LogP contribution >= 0.6 is 0 Å². The molecule has 0 bridgehead atoms. The molecule has 0 aliphatic rings. The number of aryl methyl sites for hydroxylation is 1. The summed E-state index contributed by atoms with van der Waals surface area (Å²) in [5, 5.41) is 0. The standard InChI is InChI=1S/C17H32N4/c1-6-14-10-11-15(19-13-14)12-16(20-18)17(5,7-2)21(8-3)9-4/h10-11,13,16,20H,6-9,12,18H2,1-5H3. The molecule has 0 saturated carbocycles. The third-order valence-corrected chi connectivity index (χ3v) is 4.86. The number of nitrogens with zero attached hydrogens (tertiary/aromatic N) is 2. The lowest BCUT2D eigenvalue weighted by Crippen LogP contribution is -2.61. The Bertz CT molecular complexity index is 400. The molecule has 0 aliphatic carbocycles.